The molecule has 2 rings (SSSR count). The lowest BCUT2D eigenvalue weighted by atomic mass is 10.1. The largest absolute Gasteiger partial charge is 0.479 e. The zero-order valence-corrected chi connectivity index (χ0v) is 8.17. The number of amides is 1. The number of methoxy groups -OCH3 is 1. The molecular formula is C9H11NO5. The molecule has 0 radical (unpaired) electrons. The first kappa shape index (κ1) is 9.97. The number of hydrogen-bond acceptors (Lipinski definition) is 4. The number of hydrogen-bond donors (Lipinski definition) is 1. The molecule has 15 heavy (non-hydrogen) atoms. The summed E-state index contributed by atoms with van der Waals surface area (Å²) >= 11 is 0. The molecule has 2 fully saturated rings. The summed E-state index contributed by atoms with van der Waals surface area (Å²) in [6.45, 7) is 0.272. The maximum absolute atomic E-state index is 11.2. The Morgan fingerprint density at radius 1 is 1.80 bits per heavy atom. The van der Waals surface area contributed by atoms with Gasteiger partial charge in [0.05, 0.1) is 13.0 Å². The van der Waals surface area contributed by atoms with Crippen molar-refractivity contribution in [3.05, 3.63) is 11.8 Å². The number of ether oxygens (including phenoxy) is 2. The van der Waals surface area contributed by atoms with Gasteiger partial charge < -0.3 is 14.6 Å². The van der Waals surface area contributed by atoms with Crippen molar-refractivity contribution in [3.8, 4) is 0 Å². The van der Waals surface area contributed by atoms with Gasteiger partial charge in [0, 0.05) is 7.11 Å². The lowest BCUT2D eigenvalue weighted by Crippen LogP contribution is -2.54. The van der Waals surface area contributed by atoms with Crippen molar-refractivity contribution in [2.24, 2.45) is 0 Å². The van der Waals surface area contributed by atoms with Crippen LogP contribution in [0.3, 0.4) is 0 Å². The molecule has 2 atom stereocenters. The molecule has 2 heterocycles. The summed E-state index contributed by atoms with van der Waals surface area (Å²) in [4.78, 5) is 23.4. The molecule has 82 valence electrons. The van der Waals surface area contributed by atoms with E-state index in [9.17, 15) is 9.59 Å². The van der Waals surface area contributed by atoms with Gasteiger partial charge in [-0.1, -0.05) is 0 Å². The number of β-lactam (4-membered cyclic amide) rings is 1. The molecule has 0 aromatic rings. The summed E-state index contributed by atoms with van der Waals surface area (Å²) in [6, 6.07) is -0.980. The molecule has 2 aliphatic rings. The summed E-state index contributed by atoms with van der Waals surface area (Å²) in [7, 11) is 1.50. The third kappa shape index (κ3) is 1.46. The van der Waals surface area contributed by atoms with E-state index in [1.165, 1.54) is 12.0 Å². The van der Waals surface area contributed by atoms with Crippen LogP contribution in [-0.4, -0.2) is 47.9 Å². The molecule has 0 aromatic carbocycles. The molecule has 2 saturated heterocycles. The van der Waals surface area contributed by atoms with Crippen LogP contribution in [0.15, 0.2) is 11.8 Å². The Labute approximate surface area is 86.1 Å². The number of carbonyl (C=O) groups excluding carboxylic acids is 1. The van der Waals surface area contributed by atoms with E-state index >= 15 is 0 Å². The molecule has 2 aliphatic heterocycles. The van der Waals surface area contributed by atoms with Crippen molar-refractivity contribution in [1.82, 2.24) is 4.90 Å². The molecule has 1 amide bonds. The standard InChI is InChI=1S/C9H11NO5/c1-14-3-2-5-8(9(12)13)10-6(11)4-7(10)15-5/h2,7-8H,3-4H2,1H3,(H,12,13)/b5-2-. The molecule has 2 unspecified atom stereocenters. The number of carboxylic acids is 1. The molecule has 0 spiro atoms. The number of rotatable bonds is 3. The number of aliphatic carboxylic acids is 1. The van der Waals surface area contributed by atoms with Gasteiger partial charge in [0.15, 0.2) is 12.3 Å². The first-order valence-electron chi connectivity index (χ1n) is 4.54. The quantitative estimate of drug-likeness (QED) is 0.643. The van der Waals surface area contributed by atoms with Crippen molar-refractivity contribution in [2.75, 3.05) is 13.7 Å². The second kappa shape index (κ2) is 3.54. The van der Waals surface area contributed by atoms with Gasteiger partial charge in [0.25, 0.3) is 0 Å². The van der Waals surface area contributed by atoms with Crippen LogP contribution < -0.4 is 0 Å². The number of nitrogens with zero attached hydrogens (tertiary/aromatic N) is 1. The van der Waals surface area contributed by atoms with Gasteiger partial charge in [-0.15, -0.1) is 0 Å². The van der Waals surface area contributed by atoms with Crippen molar-refractivity contribution in [3.63, 3.8) is 0 Å². The third-order valence-corrected chi connectivity index (χ3v) is 2.45. The summed E-state index contributed by atoms with van der Waals surface area (Å²) in [5.74, 6) is -0.971. The molecule has 1 N–H and O–H groups in total. The highest BCUT2D eigenvalue weighted by Gasteiger charge is 2.53. The normalized spacial score (nSPS) is 31.1. The van der Waals surface area contributed by atoms with Gasteiger partial charge >= 0.3 is 5.97 Å². The highest BCUT2D eigenvalue weighted by Crippen LogP contribution is 2.36. The summed E-state index contributed by atoms with van der Waals surface area (Å²) in [5.41, 5.74) is 0. The maximum Gasteiger partial charge on any atom is 0.334 e. The maximum atomic E-state index is 11.2. The SMILES string of the molecule is COC/C=C1\OC2CC(=O)N2C1C(=O)O. The average molecular weight is 213 g/mol. The monoisotopic (exact) mass is 213 g/mol. The molecule has 6 heteroatoms. The van der Waals surface area contributed by atoms with Gasteiger partial charge in [-0.25, -0.2) is 4.79 Å². The van der Waals surface area contributed by atoms with E-state index in [-0.39, 0.29) is 18.9 Å². The number of carbonyl (C=O) groups is 2. The van der Waals surface area contributed by atoms with Crippen LogP contribution in [0.5, 0.6) is 0 Å². The third-order valence-electron chi connectivity index (χ3n) is 2.45. The van der Waals surface area contributed by atoms with E-state index < -0.39 is 18.2 Å². The van der Waals surface area contributed by atoms with Crippen molar-refractivity contribution in [2.45, 2.75) is 18.7 Å². The Bertz CT molecular complexity index is 337. The van der Waals surface area contributed by atoms with Gasteiger partial charge in [-0.2, -0.15) is 0 Å². The first-order valence-corrected chi connectivity index (χ1v) is 4.54. The summed E-state index contributed by atoms with van der Waals surface area (Å²) in [6.07, 6.45) is 1.40. The Balaban J connectivity index is 2.19. The van der Waals surface area contributed by atoms with Gasteiger partial charge in [0.1, 0.15) is 5.76 Å². The van der Waals surface area contributed by atoms with Crippen LogP contribution in [0.1, 0.15) is 6.42 Å². The van der Waals surface area contributed by atoms with E-state index in [4.69, 9.17) is 14.6 Å². The average Bonchev–Trinajstić information content (AvgIpc) is 2.47. The molecular weight excluding hydrogens is 202 g/mol. The van der Waals surface area contributed by atoms with Crippen molar-refractivity contribution in [1.29, 1.82) is 0 Å². The van der Waals surface area contributed by atoms with Crippen molar-refractivity contribution >= 4 is 11.9 Å². The van der Waals surface area contributed by atoms with E-state index in [1.807, 2.05) is 0 Å². The topological polar surface area (TPSA) is 76.1 Å². The second-order valence-electron chi connectivity index (χ2n) is 3.38. The highest BCUT2D eigenvalue weighted by atomic mass is 16.5. The minimum Gasteiger partial charge on any atom is -0.479 e. The van der Waals surface area contributed by atoms with Crippen LogP contribution in [0.4, 0.5) is 0 Å². The predicted octanol–water partition coefficient (Wildman–Crippen LogP) is -0.442. The lowest BCUT2D eigenvalue weighted by molar-refractivity contribution is -0.163. The van der Waals surface area contributed by atoms with E-state index in [0.717, 1.165) is 0 Å². The fourth-order valence-corrected chi connectivity index (χ4v) is 1.73. The van der Waals surface area contributed by atoms with E-state index in [1.54, 1.807) is 6.08 Å². The summed E-state index contributed by atoms with van der Waals surface area (Å²) in [5, 5.41) is 8.97. The van der Waals surface area contributed by atoms with E-state index in [0.29, 0.717) is 5.76 Å². The molecule has 6 nitrogen and oxygen atoms in total. The van der Waals surface area contributed by atoms with Crippen LogP contribution in [-0.2, 0) is 19.1 Å². The summed E-state index contributed by atoms with van der Waals surface area (Å²) < 4.78 is 10.1. The molecule has 0 aromatic heterocycles. The van der Waals surface area contributed by atoms with E-state index in [2.05, 4.69) is 0 Å². The number of carboxylic acid groups (broad SMARTS) is 1. The second-order valence-corrected chi connectivity index (χ2v) is 3.38. The zero-order chi connectivity index (χ0) is 11.0. The van der Waals surface area contributed by atoms with Crippen LogP contribution in [0.2, 0.25) is 0 Å². The molecule has 0 aliphatic carbocycles. The fourth-order valence-electron chi connectivity index (χ4n) is 1.73. The van der Waals surface area contributed by atoms with Crippen molar-refractivity contribution < 1.29 is 24.2 Å². The minimum absolute atomic E-state index is 0.187. The predicted molar refractivity (Wildman–Crippen MR) is 47.7 cm³/mol. The fraction of sp³-hybridized carbons (Fsp3) is 0.556. The van der Waals surface area contributed by atoms with Gasteiger partial charge in [-0.05, 0) is 6.08 Å². The Hall–Kier alpha value is -1.56. The smallest absolute Gasteiger partial charge is 0.334 e. The highest BCUT2D eigenvalue weighted by molar-refractivity contribution is 5.91. The van der Waals surface area contributed by atoms with Crippen LogP contribution >= 0.6 is 0 Å². The van der Waals surface area contributed by atoms with Crippen LogP contribution in [0, 0.1) is 0 Å². The minimum atomic E-state index is -1.08. The lowest BCUT2D eigenvalue weighted by Gasteiger charge is -2.33. The Morgan fingerprint density at radius 2 is 2.53 bits per heavy atom. The Morgan fingerprint density at radius 3 is 3.07 bits per heavy atom. The zero-order valence-electron chi connectivity index (χ0n) is 8.17. The molecule has 0 bridgehead atoms. The van der Waals surface area contributed by atoms with Gasteiger partial charge in [-0.3, -0.25) is 9.69 Å². The number of fused-ring (bicyclic) bond motifs is 1. The first-order chi connectivity index (χ1) is 7.15. The Kier molecular flexibility index (Phi) is 2.36. The molecule has 0 saturated carbocycles. The van der Waals surface area contributed by atoms with Crippen LogP contribution in [0.25, 0.3) is 0 Å². The van der Waals surface area contributed by atoms with Gasteiger partial charge in [0.2, 0.25) is 5.91 Å².